The van der Waals surface area contributed by atoms with Crippen molar-refractivity contribution >= 4 is 15.9 Å². The molecular formula is C19H30N2O4S. The van der Waals surface area contributed by atoms with Crippen LogP contribution in [-0.4, -0.2) is 51.5 Å². The van der Waals surface area contributed by atoms with Gasteiger partial charge in [-0.25, -0.2) is 12.7 Å². The summed E-state index contributed by atoms with van der Waals surface area (Å²) in [7, 11) is -3.34. The molecular weight excluding hydrogens is 352 g/mol. The maximum absolute atomic E-state index is 12.6. The van der Waals surface area contributed by atoms with Crippen LogP contribution in [-0.2, 0) is 25.3 Å². The summed E-state index contributed by atoms with van der Waals surface area (Å²) in [5.74, 6) is -0.0621. The van der Waals surface area contributed by atoms with Crippen LogP contribution in [0.5, 0.6) is 0 Å². The van der Waals surface area contributed by atoms with Crippen LogP contribution >= 0.6 is 0 Å². The Kier molecular flexibility index (Phi) is 8.06. The number of aryl methyl sites for hydroxylation is 1. The van der Waals surface area contributed by atoms with E-state index < -0.39 is 10.0 Å². The highest BCUT2D eigenvalue weighted by Crippen LogP contribution is 2.22. The first-order chi connectivity index (χ1) is 12.4. The van der Waals surface area contributed by atoms with Gasteiger partial charge in [-0.05, 0) is 38.7 Å². The van der Waals surface area contributed by atoms with E-state index in [9.17, 15) is 13.2 Å². The number of rotatable bonds is 9. The van der Waals surface area contributed by atoms with Crippen LogP contribution in [0.1, 0.15) is 37.3 Å². The molecule has 1 aliphatic rings. The molecule has 0 bridgehead atoms. The van der Waals surface area contributed by atoms with Crippen molar-refractivity contribution in [1.82, 2.24) is 9.62 Å². The minimum absolute atomic E-state index is 0.0168. The van der Waals surface area contributed by atoms with Gasteiger partial charge in [0, 0.05) is 38.8 Å². The minimum atomic E-state index is -3.34. The Morgan fingerprint density at radius 1 is 1.31 bits per heavy atom. The number of nitrogens with zero attached hydrogens (tertiary/aromatic N) is 1. The Balaban J connectivity index is 1.78. The number of hydrogen-bond acceptors (Lipinski definition) is 4. The summed E-state index contributed by atoms with van der Waals surface area (Å²) in [6.45, 7) is 6.64. The van der Waals surface area contributed by atoms with Gasteiger partial charge in [-0.2, -0.15) is 0 Å². The third-order valence-electron chi connectivity index (χ3n) is 4.62. The number of carbonyl (C=O) groups is 1. The lowest BCUT2D eigenvalue weighted by atomic mass is 9.97. The van der Waals surface area contributed by atoms with E-state index in [1.54, 1.807) is 0 Å². The van der Waals surface area contributed by atoms with Crippen molar-refractivity contribution in [2.24, 2.45) is 5.92 Å². The zero-order valence-corrected chi connectivity index (χ0v) is 16.6. The van der Waals surface area contributed by atoms with Gasteiger partial charge in [0.2, 0.25) is 15.9 Å². The predicted molar refractivity (Wildman–Crippen MR) is 102 cm³/mol. The molecule has 0 aliphatic carbocycles. The van der Waals surface area contributed by atoms with Crippen molar-refractivity contribution in [3.8, 4) is 0 Å². The molecule has 0 saturated carbocycles. The summed E-state index contributed by atoms with van der Waals surface area (Å²) in [5.41, 5.74) is 1.86. The summed E-state index contributed by atoms with van der Waals surface area (Å²) in [5, 5.41) is 2.92. The molecule has 1 aliphatic heterocycles. The van der Waals surface area contributed by atoms with Crippen molar-refractivity contribution < 1.29 is 17.9 Å². The van der Waals surface area contributed by atoms with Gasteiger partial charge in [0.15, 0.2) is 0 Å². The minimum Gasteiger partial charge on any atom is -0.382 e. The van der Waals surface area contributed by atoms with Gasteiger partial charge < -0.3 is 10.1 Å². The van der Waals surface area contributed by atoms with E-state index in [4.69, 9.17) is 4.74 Å². The number of hydrogen-bond donors (Lipinski definition) is 1. The fourth-order valence-corrected chi connectivity index (χ4v) is 4.73. The highest BCUT2D eigenvalue weighted by molar-refractivity contribution is 7.88. The second-order valence-electron chi connectivity index (χ2n) is 6.76. The first kappa shape index (κ1) is 20.9. The Morgan fingerprint density at radius 3 is 2.69 bits per heavy atom. The number of sulfonamides is 1. The summed E-state index contributed by atoms with van der Waals surface area (Å²) in [4.78, 5) is 12.2. The molecule has 2 rings (SSSR count). The quantitative estimate of drug-likeness (QED) is 0.664. The smallest absolute Gasteiger partial charge is 0.223 e. The number of amides is 1. The van der Waals surface area contributed by atoms with Gasteiger partial charge >= 0.3 is 0 Å². The molecule has 0 radical (unpaired) electrons. The number of benzene rings is 1. The zero-order valence-electron chi connectivity index (χ0n) is 15.7. The Morgan fingerprint density at radius 2 is 2.04 bits per heavy atom. The second-order valence-corrected chi connectivity index (χ2v) is 8.73. The third-order valence-corrected chi connectivity index (χ3v) is 6.47. The van der Waals surface area contributed by atoms with E-state index in [-0.39, 0.29) is 17.6 Å². The van der Waals surface area contributed by atoms with Crippen molar-refractivity contribution in [2.75, 3.05) is 32.8 Å². The fourth-order valence-electron chi connectivity index (χ4n) is 3.17. The van der Waals surface area contributed by atoms with E-state index in [0.29, 0.717) is 45.7 Å². The predicted octanol–water partition coefficient (Wildman–Crippen LogP) is 2.08. The SMILES string of the molecule is CCOCCCNC(=O)C1CCN(S(=O)(=O)Cc2cccc(C)c2)CC1. The van der Waals surface area contributed by atoms with Crippen LogP contribution < -0.4 is 5.32 Å². The van der Waals surface area contributed by atoms with Gasteiger partial charge in [0.25, 0.3) is 0 Å². The molecule has 1 amide bonds. The van der Waals surface area contributed by atoms with Gasteiger partial charge in [0.05, 0.1) is 5.75 Å². The van der Waals surface area contributed by atoms with Crippen LogP contribution in [0.3, 0.4) is 0 Å². The number of ether oxygens (including phenoxy) is 1. The fraction of sp³-hybridized carbons (Fsp3) is 0.632. The molecule has 1 fully saturated rings. The molecule has 26 heavy (non-hydrogen) atoms. The summed E-state index contributed by atoms with van der Waals surface area (Å²) in [6, 6.07) is 7.57. The molecule has 7 heteroatoms. The van der Waals surface area contributed by atoms with E-state index in [1.165, 1.54) is 4.31 Å². The molecule has 1 heterocycles. The maximum Gasteiger partial charge on any atom is 0.223 e. The number of carbonyl (C=O) groups excluding carboxylic acids is 1. The molecule has 1 saturated heterocycles. The lowest BCUT2D eigenvalue weighted by Gasteiger charge is -2.30. The first-order valence-corrected chi connectivity index (χ1v) is 10.9. The van der Waals surface area contributed by atoms with Crippen molar-refractivity contribution in [2.45, 2.75) is 38.9 Å². The van der Waals surface area contributed by atoms with Crippen molar-refractivity contribution in [3.63, 3.8) is 0 Å². The van der Waals surface area contributed by atoms with Crippen LogP contribution in [0.25, 0.3) is 0 Å². The van der Waals surface area contributed by atoms with Gasteiger partial charge in [0.1, 0.15) is 0 Å². The Hall–Kier alpha value is -1.44. The third kappa shape index (κ3) is 6.37. The summed E-state index contributed by atoms with van der Waals surface area (Å²) < 4.78 is 32.0. The van der Waals surface area contributed by atoms with Crippen LogP contribution in [0.15, 0.2) is 24.3 Å². The molecule has 0 aromatic heterocycles. The van der Waals surface area contributed by atoms with E-state index in [2.05, 4.69) is 5.32 Å². The van der Waals surface area contributed by atoms with Crippen LogP contribution in [0.4, 0.5) is 0 Å². The molecule has 0 spiro atoms. The average molecular weight is 383 g/mol. The van der Waals surface area contributed by atoms with E-state index >= 15 is 0 Å². The molecule has 1 N–H and O–H groups in total. The lowest BCUT2D eigenvalue weighted by molar-refractivity contribution is -0.126. The van der Waals surface area contributed by atoms with Crippen molar-refractivity contribution in [1.29, 1.82) is 0 Å². The first-order valence-electron chi connectivity index (χ1n) is 9.31. The molecule has 6 nitrogen and oxygen atoms in total. The van der Waals surface area contributed by atoms with Crippen LogP contribution in [0, 0.1) is 12.8 Å². The lowest BCUT2D eigenvalue weighted by Crippen LogP contribution is -2.43. The normalized spacial score (nSPS) is 16.5. The molecule has 0 atom stereocenters. The molecule has 1 aromatic carbocycles. The number of piperidine rings is 1. The molecule has 146 valence electrons. The molecule has 0 unspecified atom stereocenters. The van der Waals surface area contributed by atoms with Crippen molar-refractivity contribution in [3.05, 3.63) is 35.4 Å². The Bertz CT molecular complexity index is 683. The van der Waals surface area contributed by atoms with E-state index in [1.807, 2.05) is 38.1 Å². The average Bonchev–Trinajstić information content (AvgIpc) is 2.61. The number of nitrogens with one attached hydrogen (secondary N) is 1. The highest BCUT2D eigenvalue weighted by atomic mass is 32.2. The summed E-state index contributed by atoms with van der Waals surface area (Å²) >= 11 is 0. The second kappa shape index (κ2) is 10.0. The van der Waals surface area contributed by atoms with Gasteiger partial charge in [-0.15, -0.1) is 0 Å². The zero-order chi connectivity index (χ0) is 19.0. The van der Waals surface area contributed by atoms with E-state index in [0.717, 1.165) is 17.5 Å². The Labute approximate surface area is 157 Å². The molecule has 1 aromatic rings. The monoisotopic (exact) mass is 382 g/mol. The maximum atomic E-state index is 12.6. The van der Waals surface area contributed by atoms with Crippen LogP contribution in [0.2, 0.25) is 0 Å². The standard InChI is InChI=1S/C19H30N2O4S/c1-3-25-13-5-10-20-19(22)18-8-11-21(12-9-18)26(23,24)15-17-7-4-6-16(2)14-17/h4,6-7,14,18H,3,5,8-13,15H2,1-2H3,(H,20,22). The van der Waals surface area contributed by atoms with Gasteiger partial charge in [-0.3, -0.25) is 4.79 Å². The summed E-state index contributed by atoms with van der Waals surface area (Å²) in [6.07, 6.45) is 1.94. The van der Waals surface area contributed by atoms with Gasteiger partial charge in [-0.1, -0.05) is 29.8 Å². The topological polar surface area (TPSA) is 75.7 Å². The largest absolute Gasteiger partial charge is 0.382 e. The highest BCUT2D eigenvalue weighted by Gasteiger charge is 2.31.